The van der Waals surface area contributed by atoms with E-state index in [2.05, 4.69) is 10.3 Å². The van der Waals surface area contributed by atoms with Crippen molar-refractivity contribution < 1.29 is 19.1 Å². The summed E-state index contributed by atoms with van der Waals surface area (Å²) in [7, 11) is 0. The van der Waals surface area contributed by atoms with Crippen LogP contribution in [0.25, 0.3) is 11.5 Å². The summed E-state index contributed by atoms with van der Waals surface area (Å²) in [6.45, 7) is 0.234. The van der Waals surface area contributed by atoms with E-state index in [1.165, 1.54) is 6.26 Å². The standard InChI is InChI=1S/C15H14N2O4/c18-13(11-6-12(11)15(19)20)16-7-10-8-21-14(17-10)9-4-2-1-3-5-9/h1-5,8,11-12H,6-7H2,(H,16,18)(H,19,20). The maximum Gasteiger partial charge on any atom is 0.307 e. The van der Waals surface area contributed by atoms with E-state index in [0.29, 0.717) is 18.0 Å². The molecule has 2 N–H and O–H groups in total. The maximum atomic E-state index is 11.7. The van der Waals surface area contributed by atoms with E-state index in [1.54, 1.807) is 0 Å². The minimum Gasteiger partial charge on any atom is -0.481 e. The Morgan fingerprint density at radius 1 is 1.29 bits per heavy atom. The Balaban J connectivity index is 1.56. The summed E-state index contributed by atoms with van der Waals surface area (Å²) < 4.78 is 5.36. The second-order valence-electron chi connectivity index (χ2n) is 5.01. The van der Waals surface area contributed by atoms with Gasteiger partial charge in [-0.15, -0.1) is 0 Å². The van der Waals surface area contributed by atoms with Crippen LogP contribution in [0.5, 0.6) is 0 Å². The van der Waals surface area contributed by atoms with Gasteiger partial charge in [0.1, 0.15) is 6.26 Å². The molecule has 1 aromatic carbocycles. The number of amides is 1. The van der Waals surface area contributed by atoms with Gasteiger partial charge in [-0.25, -0.2) is 4.98 Å². The molecule has 1 aromatic heterocycles. The Labute approximate surface area is 120 Å². The lowest BCUT2D eigenvalue weighted by Gasteiger charge is -2.00. The van der Waals surface area contributed by atoms with Crippen molar-refractivity contribution >= 4 is 11.9 Å². The normalized spacial score (nSPS) is 20.0. The first-order valence-electron chi connectivity index (χ1n) is 6.65. The lowest BCUT2D eigenvalue weighted by atomic mass is 10.2. The zero-order chi connectivity index (χ0) is 14.8. The molecule has 108 valence electrons. The number of benzene rings is 1. The molecule has 21 heavy (non-hydrogen) atoms. The minimum absolute atomic E-state index is 0.234. The van der Waals surface area contributed by atoms with Crippen molar-refractivity contribution in [2.75, 3.05) is 0 Å². The fourth-order valence-electron chi connectivity index (χ4n) is 2.17. The van der Waals surface area contributed by atoms with Crippen LogP contribution >= 0.6 is 0 Å². The minimum atomic E-state index is -0.914. The van der Waals surface area contributed by atoms with Gasteiger partial charge in [-0.3, -0.25) is 9.59 Å². The largest absolute Gasteiger partial charge is 0.481 e. The Kier molecular flexibility index (Phi) is 3.43. The zero-order valence-corrected chi connectivity index (χ0v) is 11.2. The molecule has 2 atom stereocenters. The van der Waals surface area contributed by atoms with E-state index < -0.39 is 17.8 Å². The molecular formula is C15H14N2O4. The average Bonchev–Trinajstić information content (AvgIpc) is 3.17. The van der Waals surface area contributed by atoms with Crippen LogP contribution in [-0.2, 0) is 16.1 Å². The number of carboxylic acid groups (broad SMARTS) is 1. The van der Waals surface area contributed by atoms with Gasteiger partial charge in [-0.1, -0.05) is 18.2 Å². The van der Waals surface area contributed by atoms with Gasteiger partial charge in [0.2, 0.25) is 11.8 Å². The molecular weight excluding hydrogens is 272 g/mol. The molecule has 2 aromatic rings. The van der Waals surface area contributed by atoms with Crippen LogP contribution in [0.2, 0.25) is 0 Å². The van der Waals surface area contributed by atoms with Crippen LogP contribution in [0, 0.1) is 11.8 Å². The summed E-state index contributed by atoms with van der Waals surface area (Å²) >= 11 is 0. The molecule has 1 amide bonds. The summed E-state index contributed by atoms with van der Waals surface area (Å²) in [5.74, 6) is -1.62. The maximum absolute atomic E-state index is 11.7. The van der Waals surface area contributed by atoms with Crippen molar-refractivity contribution in [2.24, 2.45) is 11.8 Å². The number of rotatable bonds is 5. The molecule has 0 spiro atoms. The van der Waals surface area contributed by atoms with Gasteiger partial charge >= 0.3 is 5.97 Å². The van der Waals surface area contributed by atoms with Crippen LogP contribution in [-0.4, -0.2) is 22.0 Å². The first-order chi connectivity index (χ1) is 10.1. The second kappa shape index (κ2) is 5.40. The third kappa shape index (κ3) is 2.94. The molecule has 1 saturated carbocycles. The first kappa shape index (κ1) is 13.4. The summed E-state index contributed by atoms with van der Waals surface area (Å²) in [4.78, 5) is 26.7. The van der Waals surface area contributed by atoms with Gasteiger partial charge in [-0.2, -0.15) is 0 Å². The summed E-state index contributed by atoms with van der Waals surface area (Å²) in [5.41, 5.74) is 1.47. The first-order valence-corrected chi connectivity index (χ1v) is 6.65. The molecule has 0 saturated heterocycles. The third-order valence-corrected chi connectivity index (χ3v) is 3.46. The summed E-state index contributed by atoms with van der Waals surface area (Å²) in [6.07, 6.45) is 1.90. The highest BCUT2D eigenvalue weighted by Crippen LogP contribution is 2.38. The molecule has 0 radical (unpaired) electrons. The van der Waals surface area contributed by atoms with Crippen molar-refractivity contribution in [1.29, 1.82) is 0 Å². The average molecular weight is 286 g/mol. The van der Waals surface area contributed by atoms with Gasteiger partial charge < -0.3 is 14.8 Å². The van der Waals surface area contributed by atoms with Gasteiger partial charge in [-0.05, 0) is 18.6 Å². The van der Waals surface area contributed by atoms with Crippen molar-refractivity contribution in [2.45, 2.75) is 13.0 Å². The number of aliphatic carboxylic acids is 1. The Hall–Kier alpha value is -2.63. The van der Waals surface area contributed by atoms with E-state index >= 15 is 0 Å². The SMILES string of the molecule is O=C(O)C1CC1C(=O)NCc1coc(-c2ccccc2)n1. The van der Waals surface area contributed by atoms with Crippen LogP contribution in [0.1, 0.15) is 12.1 Å². The number of nitrogens with zero attached hydrogens (tertiary/aromatic N) is 1. The van der Waals surface area contributed by atoms with E-state index in [-0.39, 0.29) is 12.5 Å². The number of aromatic nitrogens is 1. The predicted octanol–water partition coefficient (Wildman–Crippen LogP) is 1.68. The fraction of sp³-hybridized carbons (Fsp3) is 0.267. The summed E-state index contributed by atoms with van der Waals surface area (Å²) in [5, 5.41) is 11.5. The Morgan fingerprint density at radius 3 is 2.71 bits per heavy atom. The predicted molar refractivity (Wildman–Crippen MR) is 73.0 cm³/mol. The number of hydrogen-bond acceptors (Lipinski definition) is 4. The second-order valence-corrected chi connectivity index (χ2v) is 5.01. The van der Waals surface area contributed by atoms with Crippen LogP contribution in [0.3, 0.4) is 0 Å². The highest BCUT2D eigenvalue weighted by molar-refractivity contribution is 5.89. The van der Waals surface area contributed by atoms with Crippen molar-refractivity contribution in [3.8, 4) is 11.5 Å². The van der Waals surface area contributed by atoms with Crippen LogP contribution < -0.4 is 5.32 Å². The molecule has 0 aliphatic heterocycles. The third-order valence-electron chi connectivity index (χ3n) is 3.46. The molecule has 3 rings (SSSR count). The topological polar surface area (TPSA) is 92.4 Å². The van der Waals surface area contributed by atoms with Crippen molar-refractivity contribution in [3.63, 3.8) is 0 Å². The number of hydrogen-bond donors (Lipinski definition) is 2. The smallest absolute Gasteiger partial charge is 0.307 e. The van der Waals surface area contributed by atoms with Gasteiger partial charge in [0.15, 0.2) is 0 Å². The van der Waals surface area contributed by atoms with Gasteiger partial charge in [0.05, 0.1) is 24.1 Å². The van der Waals surface area contributed by atoms with E-state index in [1.807, 2.05) is 30.3 Å². The van der Waals surface area contributed by atoms with Crippen LogP contribution in [0.15, 0.2) is 41.0 Å². The van der Waals surface area contributed by atoms with Gasteiger partial charge in [0.25, 0.3) is 0 Å². The number of carbonyl (C=O) groups excluding carboxylic acids is 1. The zero-order valence-electron chi connectivity index (χ0n) is 11.2. The van der Waals surface area contributed by atoms with Crippen molar-refractivity contribution in [3.05, 3.63) is 42.3 Å². The fourth-order valence-corrected chi connectivity index (χ4v) is 2.17. The number of nitrogens with one attached hydrogen (secondary N) is 1. The van der Waals surface area contributed by atoms with E-state index in [9.17, 15) is 9.59 Å². The lowest BCUT2D eigenvalue weighted by Crippen LogP contribution is -2.26. The lowest BCUT2D eigenvalue weighted by molar-refractivity contribution is -0.140. The molecule has 1 fully saturated rings. The van der Waals surface area contributed by atoms with Gasteiger partial charge in [0, 0.05) is 5.56 Å². The molecule has 6 heteroatoms. The summed E-state index contributed by atoms with van der Waals surface area (Å²) in [6, 6.07) is 9.45. The monoisotopic (exact) mass is 286 g/mol. The van der Waals surface area contributed by atoms with E-state index in [0.717, 1.165) is 5.56 Å². The Bertz CT molecular complexity index is 665. The molecule has 6 nitrogen and oxygen atoms in total. The Morgan fingerprint density at radius 2 is 2.05 bits per heavy atom. The number of carboxylic acids is 1. The highest BCUT2D eigenvalue weighted by Gasteiger charge is 2.48. The van der Waals surface area contributed by atoms with E-state index in [4.69, 9.17) is 9.52 Å². The number of carbonyl (C=O) groups is 2. The molecule has 2 unspecified atom stereocenters. The van der Waals surface area contributed by atoms with Crippen LogP contribution in [0.4, 0.5) is 0 Å². The highest BCUT2D eigenvalue weighted by atomic mass is 16.4. The molecule has 0 bridgehead atoms. The molecule has 1 aliphatic carbocycles. The molecule has 1 aliphatic rings. The number of oxazole rings is 1. The van der Waals surface area contributed by atoms with Crippen molar-refractivity contribution in [1.82, 2.24) is 10.3 Å². The quantitative estimate of drug-likeness (QED) is 0.872. The molecule has 1 heterocycles.